The minimum atomic E-state index is 0.366. The Bertz CT molecular complexity index is 520. The Kier molecular flexibility index (Phi) is 5.19. The molecule has 0 aliphatic heterocycles. The van der Waals surface area contributed by atoms with Crippen LogP contribution in [0.5, 0.6) is 0 Å². The molecule has 2 rings (SSSR count). The van der Waals surface area contributed by atoms with E-state index in [1.54, 1.807) is 0 Å². The van der Waals surface area contributed by atoms with Gasteiger partial charge in [0.25, 0.3) is 0 Å². The van der Waals surface area contributed by atoms with Gasteiger partial charge in [-0.25, -0.2) is 0 Å². The van der Waals surface area contributed by atoms with E-state index in [0.717, 1.165) is 13.0 Å². The van der Waals surface area contributed by atoms with E-state index in [2.05, 4.69) is 85.8 Å². The summed E-state index contributed by atoms with van der Waals surface area (Å²) in [6.45, 7) is 3.19. The maximum atomic E-state index is 3.64. The Morgan fingerprint density at radius 2 is 1.75 bits per heavy atom. The van der Waals surface area contributed by atoms with Crippen molar-refractivity contribution < 1.29 is 0 Å². The van der Waals surface area contributed by atoms with Gasteiger partial charge in [-0.2, -0.15) is 0 Å². The van der Waals surface area contributed by atoms with Crippen LogP contribution in [0.3, 0.4) is 0 Å². The maximum Gasteiger partial charge on any atom is 0.0511 e. The predicted octanol–water partition coefficient (Wildman–Crippen LogP) is 4.31. The van der Waals surface area contributed by atoms with Crippen LogP contribution in [0.2, 0.25) is 0 Å². The van der Waals surface area contributed by atoms with Gasteiger partial charge in [0, 0.05) is 12.2 Å². The van der Waals surface area contributed by atoms with E-state index in [1.807, 2.05) is 0 Å². The second-order valence-corrected chi connectivity index (χ2v) is 5.45. The molecule has 20 heavy (non-hydrogen) atoms. The van der Waals surface area contributed by atoms with E-state index in [0.29, 0.717) is 6.04 Å². The molecule has 2 aromatic carbocycles. The summed E-state index contributed by atoms with van der Waals surface area (Å²) in [7, 11) is 4.19. The van der Waals surface area contributed by atoms with Gasteiger partial charge in [-0.3, -0.25) is 0 Å². The molecule has 0 radical (unpaired) electrons. The average Bonchev–Trinajstić information content (AvgIpc) is 2.45. The predicted molar refractivity (Wildman–Crippen MR) is 86.9 cm³/mol. The Hall–Kier alpha value is -1.80. The van der Waals surface area contributed by atoms with Crippen LogP contribution in [0.1, 0.15) is 30.5 Å². The summed E-state index contributed by atoms with van der Waals surface area (Å²) in [4.78, 5) is 2.19. The molecule has 0 heterocycles. The fraction of sp³-hybridized carbons (Fsp3) is 0.333. The maximum absolute atomic E-state index is 3.64. The molecular formula is C18H24N2. The smallest absolute Gasteiger partial charge is 0.0511 e. The Morgan fingerprint density at radius 1 is 1.00 bits per heavy atom. The van der Waals surface area contributed by atoms with Crippen molar-refractivity contribution in [2.45, 2.75) is 25.9 Å². The fourth-order valence-electron chi connectivity index (χ4n) is 2.43. The topological polar surface area (TPSA) is 15.3 Å². The Morgan fingerprint density at radius 3 is 2.40 bits per heavy atom. The molecule has 2 nitrogen and oxygen atoms in total. The number of hydrogen-bond donors (Lipinski definition) is 1. The largest absolute Gasteiger partial charge is 0.378 e. The van der Waals surface area contributed by atoms with E-state index >= 15 is 0 Å². The molecule has 2 aromatic rings. The monoisotopic (exact) mass is 268 g/mol. The van der Waals surface area contributed by atoms with Gasteiger partial charge in [-0.05, 0) is 43.8 Å². The first kappa shape index (κ1) is 14.6. The normalized spacial score (nSPS) is 12.4. The Labute approximate surface area is 122 Å². The van der Waals surface area contributed by atoms with Gasteiger partial charge in [-0.1, -0.05) is 49.4 Å². The van der Waals surface area contributed by atoms with Crippen LogP contribution in [0, 0.1) is 0 Å². The Balaban J connectivity index is 2.12. The molecule has 2 heteroatoms. The molecule has 1 unspecified atom stereocenters. The van der Waals surface area contributed by atoms with Crippen molar-refractivity contribution in [3.8, 4) is 0 Å². The van der Waals surface area contributed by atoms with Gasteiger partial charge < -0.3 is 10.2 Å². The molecule has 0 aliphatic rings. The van der Waals surface area contributed by atoms with Crippen molar-refractivity contribution in [2.75, 3.05) is 19.4 Å². The fourth-order valence-corrected chi connectivity index (χ4v) is 2.43. The number of nitrogens with zero attached hydrogens (tertiary/aromatic N) is 1. The zero-order valence-corrected chi connectivity index (χ0v) is 12.6. The second kappa shape index (κ2) is 7.11. The summed E-state index contributed by atoms with van der Waals surface area (Å²) in [6.07, 6.45) is 1.07. The lowest BCUT2D eigenvalue weighted by atomic mass is 10.0. The summed E-state index contributed by atoms with van der Waals surface area (Å²) >= 11 is 0. The molecule has 0 aliphatic carbocycles. The molecule has 0 spiro atoms. The molecule has 0 saturated carbocycles. The van der Waals surface area contributed by atoms with Crippen LogP contribution in [-0.4, -0.2) is 19.0 Å². The lowest BCUT2D eigenvalue weighted by Gasteiger charge is -2.19. The first-order valence-corrected chi connectivity index (χ1v) is 7.24. The van der Waals surface area contributed by atoms with Crippen LogP contribution < -0.4 is 5.32 Å². The second-order valence-electron chi connectivity index (χ2n) is 5.45. The minimum Gasteiger partial charge on any atom is -0.378 e. The number of anilines is 1. The number of rotatable bonds is 6. The molecule has 0 saturated heterocycles. The summed E-state index contributed by atoms with van der Waals surface area (Å²) < 4.78 is 0. The van der Waals surface area contributed by atoms with Crippen molar-refractivity contribution in [3.63, 3.8) is 0 Å². The molecule has 0 aromatic heterocycles. The summed E-state index contributed by atoms with van der Waals surface area (Å²) in [5.74, 6) is 0. The molecule has 106 valence electrons. The van der Waals surface area contributed by atoms with Crippen LogP contribution in [0.4, 0.5) is 5.69 Å². The van der Waals surface area contributed by atoms with Crippen molar-refractivity contribution in [3.05, 3.63) is 65.7 Å². The molecule has 1 atom stereocenters. The van der Waals surface area contributed by atoms with Gasteiger partial charge in [-0.15, -0.1) is 0 Å². The molecule has 1 N–H and O–H groups in total. The zero-order valence-electron chi connectivity index (χ0n) is 12.6. The van der Waals surface area contributed by atoms with E-state index < -0.39 is 0 Å². The third kappa shape index (κ3) is 4.10. The number of nitrogens with one attached hydrogen (secondary N) is 1. The van der Waals surface area contributed by atoms with Gasteiger partial charge in [0.2, 0.25) is 0 Å². The van der Waals surface area contributed by atoms with Crippen LogP contribution in [0.15, 0.2) is 54.6 Å². The highest BCUT2D eigenvalue weighted by atomic mass is 15.0. The van der Waals surface area contributed by atoms with Gasteiger partial charge in [0.05, 0.1) is 6.04 Å². The number of hydrogen-bond acceptors (Lipinski definition) is 2. The first-order valence-electron chi connectivity index (χ1n) is 7.24. The van der Waals surface area contributed by atoms with Crippen molar-refractivity contribution in [2.24, 2.45) is 0 Å². The highest BCUT2D eigenvalue weighted by Crippen LogP contribution is 2.23. The van der Waals surface area contributed by atoms with Crippen LogP contribution in [-0.2, 0) is 6.54 Å². The van der Waals surface area contributed by atoms with E-state index in [4.69, 9.17) is 0 Å². The standard InChI is InChI=1S/C18H24N2/c1-4-18(16-10-6-5-7-11-16)19-17-12-8-9-15(13-17)14-20(2)3/h5-13,18-19H,4,14H2,1-3H3. The van der Waals surface area contributed by atoms with E-state index in [-0.39, 0.29) is 0 Å². The highest BCUT2D eigenvalue weighted by Gasteiger charge is 2.08. The highest BCUT2D eigenvalue weighted by molar-refractivity contribution is 5.47. The van der Waals surface area contributed by atoms with Crippen LogP contribution >= 0.6 is 0 Å². The molecule has 0 bridgehead atoms. The summed E-state index contributed by atoms with van der Waals surface area (Å²) in [5.41, 5.74) is 3.87. The average molecular weight is 268 g/mol. The van der Waals surface area contributed by atoms with Gasteiger partial charge >= 0.3 is 0 Å². The summed E-state index contributed by atoms with van der Waals surface area (Å²) in [6, 6.07) is 19.7. The molecular weight excluding hydrogens is 244 g/mol. The van der Waals surface area contributed by atoms with E-state index in [1.165, 1.54) is 16.8 Å². The molecule has 0 amide bonds. The van der Waals surface area contributed by atoms with Crippen molar-refractivity contribution >= 4 is 5.69 Å². The third-order valence-electron chi connectivity index (χ3n) is 3.38. The van der Waals surface area contributed by atoms with Crippen molar-refractivity contribution in [1.82, 2.24) is 4.90 Å². The lowest BCUT2D eigenvalue weighted by molar-refractivity contribution is 0.402. The summed E-state index contributed by atoms with van der Waals surface area (Å²) in [5, 5.41) is 3.64. The molecule has 0 fully saturated rings. The van der Waals surface area contributed by atoms with E-state index in [9.17, 15) is 0 Å². The lowest BCUT2D eigenvalue weighted by Crippen LogP contribution is -2.12. The third-order valence-corrected chi connectivity index (χ3v) is 3.38. The van der Waals surface area contributed by atoms with Gasteiger partial charge in [0.15, 0.2) is 0 Å². The first-order chi connectivity index (χ1) is 9.69. The SMILES string of the molecule is CCC(Nc1cccc(CN(C)C)c1)c1ccccc1. The minimum absolute atomic E-state index is 0.366. The van der Waals surface area contributed by atoms with Crippen LogP contribution in [0.25, 0.3) is 0 Å². The zero-order chi connectivity index (χ0) is 14.4. The quantitative estimate of drug-likeness (QED) is 0.839. The number of benzene rings is 2. The van der Waals surface area contributed by atoms with Gasteiger partial charge in [0.1, 0.15) is 0 Å². The van der Waals surface area contributed by atoms with Crippen molar-refractivity contribution in [1.29, 1.82) is 0 Å².